The number of rotatable bonds is 9. The third-order valence-electron chi connectivity index (χ3n) is 3.05. The summed E-state index contributed by atoms with van der Waals surface area (Å²) in [5, 5.41) is 25.8. The van der Waals surface area contributed by atoms with Crippen molar-refractivity contribution in [1.82, 2.24) is 9.97 Å². The van der Waals surface area contributed by atoms with Gasteiger partial charge in [0.25, 0.3) is 0 Å². The lowest BCUT2D eigenvalue weighted by molar-refractivity contribution is -0.256. The molecule has 6 nitrogen and oxygen atoms in total. The van der Waals surface area contributed by atoms with Gasteiger partial charge in [0.15, 0.2) is 0 Å². The van der Waals surface area contributed by atoms with E-state index in [0.29, 0.717) is 0 Å². The molecular weight excluding hydrogens is 324 g/mol. The first-order valence-electron chi connectivity index (χ1n) is 6.88. The minimum Gasteiger partial charge on any atom is -0.543 e. The second-order valence-electron chi connectivity index (χ2n) is 4.74. The van der Waals surface area contributed by atoms with Crippen LogP contribution in [0.15, 0.2) is 10.8 Å². The largest absolute Gasteiger partial charge is 0.543 e. The van der Waals surface area contributed by atoms with Crippen molar-refractivity contribution in [2.24, 2.45) is 0 Å². The average Bonchev–Trinajstić information content (AvgIpc) is 3.12. The van der Waals surface area contributed by atoms with E-state index in [0.717, 1.165) is 48.5 Å². The van der Waals surface area contributed by atoms with Crippen LogP contribution in [0.3, 0.4) is 0 Å². The Morgan fingerprint density at radius 2 is 1.23 bits per heavy atom. The Morgan fingerprint density at radius 1 is 0.818 bits per heavy atom. The minimum atomic E-state index is -1.23. The molecule has 2 heterocycles. The van der Waals surface area contributed by atoms with Crippen LogP contribution in [0.1, 0.15) is 56.7 Å². The quantitative estimate of drug-likeness (QED) is 0.622. The molecule has 0 atom stereocenters. The molecule has 2 aromatic rings. The van der Waals surface area contributed by atoms with Crippen molar-refractivity contribution in [3.8, 4) is 0 Å². The molecule has 0 aliphatic carbocycles. The molecule has 0 aromatic carbocycles. The van der Waals surface area contributed by atoms with Gasteiger partial charge in [-0.25, -0.2) is 9.97 Å². The Balaban J connectivity index is 1.60. The van der Waals surface area contributed by atoms with Crippen molar-refractivity contribution in [2.45, 2.75) is 38.5 Å². The average molecular weight is 338 g/mol. The van der Waals surface area contributed by atoms with E-state index in [1.165, 1.54) is 33.4 Å². The molecule has 8 heteroatoms. The number of hydrogen-bond acceptors (Lipinski definition) is 8. The first kappa shape index (κ1) is 16.6. The van der Waals surface area contributed by atoms with Crippen molar-refractivity contribution in [1.29, 1.82) is 0 Å². The summed E-state index contributed by atoms with van der Waals surface area (Å²) >= 11 is 2.68. The van der Waals surface area contributed by atoms with Gasteiger partial charge in [-0.15, -0.1) is 22.7 Å². The van der Waals surface area contributed by atoms with Gasteiger partial charge in [0, 0.05) is 10.8 Å². The monoisotopic (exact) mass is 338 g/mol. The number of carbonyl (C=O) groups excluding carboxylic acids is 2. The van der Waals surface area contributed by atoms with Crippen LogP contribution in [0.25, 0.3) is 0 Å². The van der Waals surface area contributed by atoms with Gasteiger partial charge in [0.1, 0.15) is 0 Å². The Kier molecular flexibility index (Phi) is 6.02. The van der Waals surface area contributed by atoms with Crippen molar-refractivity contribution in [2.75, 3.05) is 0 Å². The Morgan fingerprint density at radius 3 is 1.55 bits per heavy atom. The van der Waals surface area contributed by atoms with Crippen LogP contribution < -0.4 is 10.2 Å². The second-order valence-corrected chi connectivity index (χ2v) is 6.63. The number of unbranched alkanes of at least 4 members (excludes halogenated alkanes) is 3. The summed E-state index contributed by atoms with van der Waals surface area (Å²) < 4.78 is 0. The molecule has 2 aromatic heterocycles. The van der Waals surface area contributed by atoms with Crippen molar-refractivity contribution in [3.63, 3.8) is 0 Å². The molecule has 0 saturated carbocycles. The Bertz CT molecular complexity index is 595. The van der Waals surface area contributed by atoms with Gasteiger partial charge in [0.05, 0.1) is 33.3 Å². The molecule has 22 heavy (non-hydrogen) atoms. The van der Waals surface area contributed by atoms with E-state index in [1.807, 2.05) is 0 Å². The molecule has 0 bridgehead atoms. The van der Waals surface area contributed by atoms with Crippen LogP contribution in [-0.2, 0) is 12.8 Å². The number of aromatic carboxylic acids is 2. The summed E-state index contributed by atoms with van der Waals surface area (Å²) in [6.45, 7) is 0. The van der Waals surface area contributed by atoms with Crippen LogP contribution in [0.2, 0.25) is 0 Å². The minimum absolute atomic E-state index is 0.00694. The zero-order chi connectivity index (χ0) is 15.9. The van der Waals surface area contributed by atoms with E-state index in [4.69, 9.17) is 0 Å². The highest BCUT2D eigenvalue weighted by molar-refractivity contribution is 7.10. The van der Waals surface area contributed by atoms with Crippen LogP contribution in [-0.4, -0.2) is 21.9 Å². The summed E-state index contributed by atoms with van der Waals surface area (Å²) in [6.07, 6.45) is 5.45. The molecular formula is C14H14N2O4S2-2. The standard InChI is InChI=1S/C14H16N2O4S2/c17-13(18)9-7-21-11(15-9)5-3-1-2-4-6-12-16-10(8-22-12)14(19)20/h7-8H,1-6H2,(H,17,18)(H,19,20)/p-2. The van der Waals surface area contributed by atoms with E-state index >= 15 is 0 Å². The van der Waals surface area contributed by atoms with E-state index in [-0.39, 0.29) is 11.4 Å². The van der Waals surface area contributed by atoms with Gasteiger partial charge in [-0.05, 0) is 25.7 Å². The van der Waals surface area contributed by atoms with Gasteiger partial charge in [0.2, 0.25) is 0 Å². The SMILES string of the molecule is O=C([O-])c1csc(CCCCCCc2nc(C(=O)[O-])cs2)n1. The zero-order valence-corrected chi connectivity index (χ0v) is 13.4. The molecule has 0 radical (unpaired) electrons. The van der Waals surface area contributed by atoms with Crippen LogP contribution in [0.4, 0.5) is 0 Å². The van der Waals surface area contributed by atoms with Crippen molar-refractivity contribution >= 4 is 34.6 Å². The summed E-state index contributed by atoms with van der Waals surface area (Å²) in [6, 6.07) is 0. The number of carboxylic acids is 2. The van der Waals surface area contributed by atoms with Crippen LogP contribution in [0.5, 0.6) is 0 Å². The van der Waals surface area contributed by atoms with E-state index < -0.39 is 11.9 Å². The lowest BCUT2D eigenvalue weighted by Crippen LogP contribution is -2.22. The third-order valence-corrected chi connectivity index (χ3v) is 4.87. The summed E-state index contributed by atoms with van der Waals surface area (Å²) in [4.78, 5) is 29.2. The highest BCUT2D eigenvalue weighted by Crippen LogP contribution is 2.16. The molecule has 0 unspecified atom stereocenters. The topological polar surface area (TPSA) is 106 Å². The highest BCUT2D eigenvalue weighted by atomic mass is 32.1. The van der Waals surface area contributed by atoms with Gasteiger partial charge in [-0.1, -0.05) is 12.8 Å². The summed E-state index contributed by atoms with van der Waals surface area (Å²) in [5.74, 6) is -2.47. The lowest BCUT2D eigenvalue weighted by Gasteiger charge is -1.99. The number of nitrogens with zero attached hydrogens (tertiary/aromatic N) is 2. The summed E-state index contributed by atoms with van der Waals surface area (Å²) in [5.41, 5.74) is 0.0139. The number of carboxylic acid groups (broad SMARTS) is 2. The first-order valence-corrected chi connectivity index (χ1v) is 8.63. The highest BCUT2D eigenvalue weighted by Gasteiger charge is 2.04. The van der Waals surface area contributed by atoms with Gasteiger partial charge in [-0.2, -0.15) is 0 Å². The molecule has 0 aliphatic rings. The zero-order valence-electron chi connectivity index (χ0n) is 11.7. The fraction of sp³-hybridized carbons (Fsp3) is 0.429. The molecule has 0 saturated heterocycles. The normalized spacial score (nSPS) is 10.7. The molecule has 0 N–H and O–H groups in total. The third kappa shape index (κ3) is 4.88. The number of aromatic nitrogens is 2. The van der Waals surface area contributed by atoms with Crippen LogP contribution >= 0.6 is 22.7 Å². The maximum absolute atomic E-state index is 10.6. The van der Waals surface area contributed by atoms with Crippen molar-refractivity contribution in [3.05, 3.63) is 32.2 Å². The smallest absolute Gasteiger partial charge is 0.0969 e. The van der Waals surface area contributed by atoms with E-state index in [1.54, 1.807) is 0 Å². The van der Waals surface area contributed by atoms with Gasteiger partial charge < -0.3 is 19.8 Å². The number of thiazole rings is 2. The maximum atomic E-state index is 10.6. The number of aryl methyl sites for hydroxylation is 2. The summed E-state index contributed by atoms with van der Waals surface area (Å²) in [7, 11) is 0. The van der Waals surface area contributed by atoms with Crippen LogP contribution in [0, 0.1) is 0 Å². The Labute approximate surface area is 135 Å². The predicted molar refractivity (Wildman–Crippen MR) is 78.8 cm³/mol. The maximum Gasteiger partial charge on any atom is 0.0969 e. The van der Waals surface area contributed by atoms with E-state index in [9.17, 15) is 19.8 Å². The molecule has 0 fully saturated rings. The van der Waals surface area contributed by atoms with Gasteiger partial charge in [-0.3, -0.25) is 0 Å². The van der Waals surface area contributed by atoms with E-state index in [2.05, 4.69) is 9.97 Å². The molecule has 2 rings (SSSR count). The number of carbonyl (C=O) groups is 2. The van der Waals surface area contributed by atoms with Gasteiger partial charge >= 0.3 is 0 Å². The number of hydrogen-bond donors (Lipinski definition) is 0. The lowest BCUT2D eigenvalue weighted by atomic mass is 10.1. The molecule has 118 valence electrons. The van der Waals surface area contributed by atoms with Crippen molar-refractivity contribution < 1.29 is 19.8 Å². The fourth-order valence-electron chi connectivity index (χ4n) is 1.94. The second kappa shape index (κ2) is 8.00. The Hall–Kier alpha value is -1.80. The fourth-order valence-corrected chi connectivity index (χ4v) is 3.56. The molecule has 0 spiro atoms. The molecule has 0 amide bonds. The molecule has 0 aliphatic heterocycles. The first-order chi connectivity index (χ1) is 10.6. The predicted octanol–water partition coefficient (Wildman–Crippen LogP) is 0.672.